The van der Waals surface area contributed by atoms with Gasteiger partial charge in [-0.1, -0.05) is 30.3 Å². The number of amides is 2. The maximum Gasteiger partial charge on any atom is 0.339 e. The van der Waals surface area contributed by atoms with Gasteiger partial charge in [0.1, 0.15) is 18.0 Å². The largest absolute Gasteiger partial charge is 0.485 e. The molecule has 0 saturated heterocycles. The first kappa shape index (κ1) is 21.6. The monoisotopic (exact) mass is 444 g/mol. The lowest BCUT2D eigenvalue weighted by molar-refractivity contribution is 0.0602. The molecule has 0 unspecified atom stereocenters. The van der Waals surface area contributed by atoms with E-state index in [9.17, 15) is 14.4 Å². The smallest absolute Gasteiger partial charge is 0.339 e. The topological polar surface area (TPSA) is 111 Å². The molecule has 2 aromatic carbocycles. The van der Waals surface area contributed by atoms with Gasteiger partial charge < -0.3 is 20.1 Å². The normalized spacial score (nSPS) is 10.5. The van der Waals surface area contributed by atoms with Crippen molar-refractivity contribution in [2.45, 2.75) is 6.61 Å². The molecular formula is C24H20N4O5. The van der Waals surface area contributed by atoms with Crippen molar-refractivity contribution in [1.29, 1.82) is 0 Å². The molecule has 0 saturated carbocycles. The van der Waals surface area contributed by atoms with Crippen LogP contribution in [0.3, 0.4) is 0 Å². The number of anilines is 2. The fourth-order valence-corrected chi connectivity index (χ4v) is 3.18. The van der Waals surface area contributed by atoms with Crippen molar-refractivity contribution >= 4 is 29.0 Å². The van der Waals surface area contributed by atoms with E-state index < -0.39 is 12.0 Å². The fraction of sp³-hybridized carbons (Fsp3) is 0.0833. The van der Waals surface area contributed by atoms with Gasteiger partial charge in [-0.15, -0.1) is 0 Å². The van der Waals surface area contributed by atoms with E-state index in [1.165, 1.54) is 17.6 Å². The van der Waals surface area contributed by atoms with E-state index in [1.807, 2.05) is 0 Å². The second-order valence-electron chi connectivity index (χ2n) is 6.92. The Morgan fingerprint density at radius 1 is 0.939 bits per heavy atom. The number of pyridine rings is 1. The lowest BCUT2D eigenvalue weighted by Gasteiger charge is -2.14. The number of urea groups is 1. The molecule has 0 bridgehead atoms. The Morgan fingerprint density at radius 2 is 1.64 bits per heavy atom. The van der Waals surface area contributed by atoms with E-state index >= 15 is 0 Å². The number of hydrogen-bond donors (Lipinski definition) is 2. The third-order valence-electron chi connectivity index (χ3n) is 4.72. The lowest BCUT2D eigenvalue weighted by Crippen LogP contribution is -2.21. The molecule has 9 heteroatoms. The highest BCUT2D eigenvalue weighted by atomic mass is 16.5. The average molecular weight is 444 g/mol. The molecule has 0 atom stereocenters. The van der Waals surface area contributed by atoms with Gasteiger partial charge in [0, 0.05) is 12.3 Å². The number of aromatic nitrogens is 2. The van der Waals surface area contributed by atoms with Crippen LogP contribution in [0.1, 0.15) is 16.1 Å². The highest BCUT2D eigenvalue weighted by molar-refractivity contribution is 6.05. The summed E-state index contributed by atoms with van der Waals surface area (Å²) in [7, 11) is 1.27. The van der Waals surface area contributed by atoms with Crippen LogP contribution in [0.4, 0.5) is 16.2 Å². The molecular weight excluding hydrogens is 424 g/mol. The van der Waals surface area contributed by atoms with Gasteiger partial charge in [0.25, 0.3) is 5.56 Å². The third-order valence-corrected chi connectivity index (χ3v) is 4.72. The Bertz CT molecular complexity index is 1380. The van der Waals surface area contributed by atoms with Crippen molar-refractivity contribution in [1.82, 2.24) is 9.38 Å². The molecule has 4 aromatic rings. The molecule has 0 aliphatic rings. The molecule has 0 aliphatic carbocycles. The summed E-state index contributed by atoms with van der Waals surface area (Å²) in [6.45, 7) is 0.0338. The van der Waals surface area contributed by atoms with Crippen molar-refractivity contribution in [3.63, 3.8) is 0 Å². The molecule has 4 rings (SSSR count). The number of nitrogens with zero attached hydrogens (tertiary/aromatic N) is 2. The molecule has 2 amide bonds. The zero-order valence-electron chi connectivity index (χ0n) is 17.6. The molecule has 0 fully saturated rings. The summed E-state index contributed by atoms with van der Waals surface area (Å²) in [6, 6.07) is 19.5. The molecule has 9 nitrogen and oxygen atoms in total. The Labute approximate surface area is 188 Å². The second-order valence-corrected chi connectivity index (χ2v) is 6.92. The van der Waals surface area contributed by atoms with Gasteiger partial charge in [-0.2, -0.15) is 0 Å². The highest BCUT2D eigenvalue weighted by Crippen LogP contribution is 2.25. The van der Waals surface area contributed by atoms with Crippen LogP contribution in [0.15, 0.2) is 83.8 Å². The summed E-state index contributed by atoms with van der Waals surface area (Å²) < 4.78 is 12.0. The second kappa shape index (κ2) is 9.65. The van der Waals surface area contributed by atoms with E-state index in [-0.39, 0.29) is 17.7 Å². The van der Waals surface area contributed by atoms with Crippen molar-refractivity contribution in [3.8, 4) is 5.75 Å². The number of carbonyl (C=O) groups excluding carboxylic acids is 2. The molecule has 2 heterocycles. The Balaban J connectivity index is 1.48. The molecule has 33 heavy (non-hydrogen) atoms. The summed E-state index contributed by atoms with van der Waals surface area (Å²) in [6.07, 6.45) is 1.64. The van der Waals surface area contributed by atoms with Gasteiger partial charge in [-0.25, -0.2) is 14.6 Å². The number of fused-ring (bicyclic) bond motifs is 1. The van der Waals surface area contributed by atoms with E-state index in [2.05, 4.69) is 15.6 Å². The van der Waals surface area contributed by atoms with E-state index in [0.29, 0.717) is 28.5 Å². The summed E-state index contributed by atoms with van der Waals surface area (Å²) in [5.74, 6) is -0.169. The molecule has 0 radical (unpaired) electrons. The summed E-state index contributed by atoms with van der Waals surface area (Å²) in [5, 5.41) is 5.35. The average Bonchev–Trinajstić information content (AvgIpc) is 2.83. The SMILES string of the molecule is COC(=O)c1ccccc1NC(=O)Nc1ccccc1OCc1cc(=O)n2ccccc2n1. The van der Waals surface area contributed by atoms with Gasteiger partial charge in [0.15, 0.2) is 0 Å². The van der Waals surface area contributed by atoms with Gasteiger partial charge in [0.05, 0.1) is 29.7 Å². The lowest BCUT2D eigenvalue weighted by atomic mass is 10.2. The predicted molar refractivity (Wildman–Crippen MR) is 123 cm³/mol. The maximum atomic E-state index is 12.6. The van der Waals surface area contributed by atoms with Crippen LogP contribution < -0.4 is 20.9 Å². The summed E-state index contributed by atoms with van der Waals surface area (Å²) in [4.78, 5) is 41.2. The van der Waals surface area contributed by atoms with Crippen molar-refractivity contribution in [2.24, 2.45) is 0 Å². The van der Waals surface area contributed by atoms with Crippen LogP contribution >= 0.6 is 0 Å². The number of methoxy groups -OCH3 is 1. The summed E-state index contributed by atoms with van der Waals surface area (Å²) in [5.41, 5.74) is 1.70. The molecule has 0 spiro atoms. The predicted octanol–water partition coefficient (Wildman–Crippen LogP) is 3.70. The van der Waals surface area contributed by atoms with Crippen molar-refractivity contribution < 1.29 is 19.1 Å². The van der Waals surface area contributed by atoms with Crippen LogP contribution in [0, 0.1) is 0 Å². The van der Waals surface area contributed by atoms with E-state index in [0.717, 1.165) is 0 Å². The molecule has 0 aliphatic heterocycles. The first-order chi connectivity index (χ1) is 16.0. The number of benzene rings is 2. The summed E-state index contributed by atoms with van der Waals surface area (Å²) >= 11 is 0. The van der Waals surface area contributed by atoms with Crippen LogP contribution in [0.5, 0.6) is 5.75 Å². The maximum absolute atomic E-state index is 12.6. The number of ether oxygens (including phenoxy) is 2. The van der Waals surface area contributed by atoms with Crippen molar-refractivity contribution in [2.75, 3.05) is 17.7 Å². The van der Waals surface area contributed by atoms with Crippen molar-refractivity contribution in [3.05, 3.63) is 101 Å². The number of hydrogen-bond acceptors (Lipinski definition) is 6. The van der Waals surface area contributed by atoms with Crippen LogP contribution in [-0.4, -0.2) is 28.5 Å². The molecule has 2 aromatic heterocycles. The zero-order chi connectivity index (χ0) is 23.2. The Kier molecular flexibility index (Phi) is 6.31. The first-order valence-electron chi connectivity index (χ1n) is 9.99. The highest BCUT2D eigenvalue weighted by Gasteiger charge is 2.14. The van der Waals surface area contributed by atoms with Crippen LogP contribution in [0.2, 0.25) is 0 Å². The van der Waals surface area contributed by atoms with E-state index in [4.69, 9.17) is 9.47 Å². The number of nitrogens with one attached hydrogen (secondary N) is 2. The minimum absolute atomic E-state index is 0.0338. The third kappa shape index (κ3) is 4.99. The first-order valence-corrected chi connectivity index (χ1v) is 9.99. The number of esters is 1. The minimum Gasteiger partial charge on any atom is -0.485 e. The zero-order valence-corrected chi connectivity index (χ0v) is 17.6. The Morgan fingerprint density at radius 3 is 2.45 bits per heavy atom. The van der Waals surface area contributed by atoms with Gasteiger partial charge in [0.2, 0.25) is 0 Å². The standard InChI is InChI=1S/C24H20N4O5/c1-32-23(30)17-8-2-3-9-18(17)26-24(31)27-19-10-4-5-11-20(19)33-15-16-14-22(29)28-13-7-6-12-21(28)25-16/h2-14H,15H2,1H3,(H2,26,27,31). The number of carbonyl (C=O) groups is 2. The van der Waals surface area contributed by atoms with Gasteiger partial charge in [-0.05, 0) is 36.4 Å². The number of rotatable bonds is 6. The van der Waals surface area contributed by atoms with Gasteiger partial charge >= 0.3 is 12.0 Å². The molecule has 2 N–H and O–H groups in total. The minimum atomic E-state index is -0.565. The van der Waals surface area contributed by atoms with Crippen LogP contribution in [0.25, 0.3) is 5.65 Å². The Hall–Kier alpha value is -4.66. The van der Waals surface area contributed by atoms with E-state index in [1.54, 1.807) is 72.9 Å². The van der Waals surface area contributed by atoms with Crippen LogP contribution in [-0.2, 0) is 11.3 Å². The van der Waals surface area contributed by atoms with Gasteiger partial charge in [-0.3, -0.25) is 9.20 Å². The quantitative estimate of drug-likeness (QED) is 0.439. The molecule has 166 valence electrons. The number of para-hydroxylation sites is 3. The fourth-order valence-electron chi connectivity index (χ4n) is 3.18.